The van der Waals surface area contributed by atoms with Crippen LogP contribution >= 0.6 is 0 Å². The first kappa shape index (κ1) is 16.5. The number of ether oxygens (including phenoxy) is 1. The molecule has 1 heterocycles. The van der Waals surface area contributed by atoms with Gasteiger partial charge in [0, 0.05) is 13.0 Å². The van der Waals surface area contributed by atoms with Gasteiger partial charge in [-0.15, -0.1) is 0 Å². The average molecular weight is 323 g/mol. The van der Waals surface area contributed by atoms with Crippen molar-refractivity contribution in [2.24, 2.45) is 5.73 Å². The second kappa shape index (κ2) is 7.05. The fraction of sp³-hybridized carbons (Fsp3) is 0.350. The van der Waals surface area contributed by atoms with Crippen LogP contribution in [0.4, 0.5) is 0 Å². The van der Waals surface area contributed by atoms with E-state index in [0.29, 0.717) is 6.54 Å². The number of hydrogen-bond donors (Lipinski definition) is 1. The van der Waals surface area contributed by atoms with E-state index in [9.17, 15) is 0 Å². The van der Waals surface area contributed by atoms with Crippen molar-refractivity contribution in [3.05, 3.63) is 58.9 Å². The van der Waals surface area contributed by atoms with E-state index in [1.165, 1.54) is 22.2 Å². The third kappa shape index (κ3) is 3.29. The van der Waals surface area contributed by atoms with Crippen LogP contribution in [0, 0.1) is 13.8 Å². The van der Waals surface area contributed by atoms with E-state index >= 15 is 0 Å². The van der Waals surface area contributed by atoms with Crippen LogP contribution < -0.4 is 10.5 Å². The maximum absolute atomic E-state index is 5.73. The molecule has 0 aliphatic carbocycles. The van der Waals surface area contributed by atoms with Gasteiger partial charge < -0.3 is 15.0 Å². The van der Waals surface area contributed by atoms with E-state index in [4.69, 9.17) is 15.5 Å². The summed E-state index contributed by atoms with van der Waals surface area (Å²) in [6.45, 7) is 5.88. The zero-order chi connectivity index (χ0) is 17.1. The van der Waals surface area contributed by atoms with Crippen LogP contribution in [0.15, 0.2) is 36.4 Å². The third-order valence-electron chi connectivity index (χ3n) is 4.55. The Morgan fingerprint density at radius 3 is 2.46 bits per heavy atom. The fourth-order valence-electron chi connectivity index (χ4n) is 2.99. The van der Waals surface area contributed by atoms with Crippen molar-refractivity contribution in [3.8, 4) is 5.75 Å². The molecule has 2 N–H and O–H groups in total. The average Bonchev–Trinajstić information content (AvgIpc) is 2.90. The molecule has 4 nitrogen and oxygen atoms in total. The summed E-state index contributed by atoms with van der Waals surface area (Å²) in [5.41, 5.74) is 11.8. The molecule has 0 spiro atoms. The maximum Gasteiger partial charge on any atom is 0.118 e. The molecule has 126 valence electrons. The van der Waals surface area contributed by atoms with Gasteiger partial charge in [-0.05, 0) is 67.8 Å². The number of fused-ring (bicyclic) bond motifs is 1. The fourth-order valence-corrected chi connectivity index (χ4v) is 2.99. The van der Waals surface area contributed by atoms with E-state index in [1.54, 1.807) is 7.11 Å². The molecule has 0 radical (unpaired) electrons. The molecule has 0 bridgehead atoms. The zero-order valence-electron chi connectivity index (χ0n) is 14.7. The lowest BCUT2D eigenvalue weighted by atomic mass is 10.1. The van der Waals surface area contributed by atoms with Crippen LogP contribution in [0.1, 0.15) is 28.9 Å². The molecule has 4 heteroatoms. The minimum atomic E-state index is 0.687. The van der Waals surface area contributed by atoms with Gasteiger partial charge in [0.1, 0.15) is 11.6 Å². The van der Waals surface area contributed by atoms with E-state index in [0.717, 1.165) is 36.5 Å². The largest absolute Gasteiger partial charge is 0.497 e. The first-order valence-corrected chi connectivity index (χ1v) is 8.41. The van der Waals surface area contributed by atoms with Crippen molar-refractivity contribution < 1.29 is 4.74 Å². The number of hydrogen-bond acceptors (Lipinski definition) is 3. The Bertz CT molecular complexity index is 834. The highest BCUT2D eigenvalue weighted by Gasteiger charge is 2.12. The van der Waals surface area contributed by atoms with Crippen molar-refractivity contribution in [1.29, 1.82) is 0 Å². The number of methoxy groups -OCH3 is 1. The third-order valence-corrected chi connectivity index (χ3v) is 4.55. The van der Waals surface area contributed by atoms with E-state index in [2.05, 4.69) is 42.7 Å². The Hall–Kier alpha value is -2.33. The van der Waals surface area contributed by atoms with Crippen molar-refractivity contribution in [1.82, 2.24) is 9.55 Å². The van der Waals surface area contributed by atoms with E-state index in [-0.39, 0.29) is 0 Å². The second-order valence-corrected chi connectivity index (χ2v) is 6.27. The van der Waals surface area contributed by atoms with Gasteiger partial charge in [-0.2, -0.15) is 0 Å². The van der Waals surface area contributed by atoms with Crippen LogP contribution in [0.3, 0.4) is 0 Å². The number of nitrogens with two attached hydrogens (primary N) is 1. The molecular formula is C20H25N3O. The monoisotopic (exact) mass is 323 g/mol. The van der Waals surface area contributed by atoms with Crippen molar-refractivity contribution >= 4 is 11.0 Å². The molecular weight excluding hydrogens is 298 g/mol. The molecule has 0 amide bonds. The van der Waals surface area contributed by atoms with Gasteiger partial charge in [-0.1, -0.05) is 12.1 Å². The number of benzene rings is 2. The SMILES string of the molecule is COc1ccc(Cc2nc3cc(C)c(C)cc3n2CCCN)cc1. The van der Waals surface area contributed by atoms with Gasteiger partial charge in [-0.25, -0.2) is 4.98 Å². The summed E-state index contributed by atoms with van der Waals surface area (Å²) < 4.78 is 7.55. The van der Waals surface area contributed by atoms with Gasteiger partial charge in [-0.3, -0.25) is 0 Å². The number of nitrogens with zero attached hydrogens (tertiary/aromatic N) is 2. The van der Waals surface area contributed by atoms with Gasteiger partial charge in [0.25, 0.3) is 0 Å². The van der Waals surface area contributed by atoms with Crippen LogP contribution in [0.2, 0.25) is 0 Å². The lowest BCUT2D eigenvalue weighted by Crippen LogP contribution is -2.09. The zero-order valence-corrected chi connectivity index (χ0v) is 14.7. The van der Waals surface area contributed by atoms with Crippen LogP contribution in [0.25, 0.3) is 11.0 Å². The van der Waals surface area contributed by atoms with E-state index in [1.807, 2.05) is 12.1 Å². The van der Waals surface area contributed by atoms with Crippen LogP contribution in [-0.2, 0) is 13.0 Å². The smallest absolute Gasteiger partial charge is 0.118 e. The van der Waals surface area contributed by atoms with Crippen molar-refractivity contribution in [2.45, 2.75) is 33.2 Å². The quantitative estimate of drug-likeness (QED) is 0.754. The number of rotatable bonds is 6. The maximum atomic E-state index is 5.73. The number of aromatic nitrogens is 2. The summed E-state index contributed by atoms with van der Waals surface area (Å²) in [4.78, 5) is 4.90. The molecule has 3 aromatic rings. The van der Waals surface area contributed by atoms with Crippen molar-refractivity contribution in [3.63, 3.8) is 0 Å². The summed E-state index contributed by atoms with van der Waals surface area (Å²) in [7, 11) is 1.69. The predicted molar refractivity (Wildman–Crippen MR) is 98.7 cm³/mol. The Morgan fingerprint density at radius 2 is 1.79 bits per heavy atom. The lowest BCUT2D eigenvalue weighted by Gasteiger charge is -2.10. The molecule has 0 aliphatic heterocycles. The standard InChI is InChI=1S/C20H25N3O/c1-14-11-18-19(12-15(14)2)23(10-4-9-21)20(22-18)13-16-5-7-17(24-3)8-6-16/h5-8,11-12H,4,9-10,13,21H2,1-3H3. The van der Waals surface area contributed by atoms with E-state index < -0.39 is 0 Å². The molecule has 0 saturated heterocycles. The summed E-state index contributed by atoms with van der Waals surface area (Å²) in [6, 6.07) is 12.6. The number of imidazole rings is 1. The first-order valence-electron chi connectivity index (χ1n) is 8.41. The molecule has 3 rings (SSSR count). The Kier molecular flexibility index (Phi) is 4.86. The minimum absolute atomic E-state index is 0.687. The highest BCUT2D eigenvalue weighted by Crippen LogP contribution is 2.23. The molecule has 0 saturated carbocycles. The Labute approximate surface area is 143 Å². The summed E-state index contributed by atoms with van der Waals surface area (Å²) >= 11 is 0. The summed E-state index contributed by atoms with van der Waals surface area (Å²) in [5, 5.41) is 0. The van der Waals surface area contributed by atoms with Gasteiger partial charge >= 0.3 is 0 Å². The molecule has 0 unspecified atom stereocenters. The minimum Gasteiger partial charge on any atom is -0.497 e. The summed E-state index contributed by atoms with van der Waals surface area (Å²) in [6.07, 6.45) is 1.76. The van der Waals surface area contributed by atoms with Gasteiger partial charge in [0.05, 0.1) is 18.1 Å². The normalized spacial score (nSPS) is 11.2. The molecule has 0 fully saturated rings. The highest BCUT2D eigenvalue weighted by atomic mass is 16.5. The lowest BCUT2D eigenvalue weighted by molar-refractivity contribution is 0.414. The van der Waals surface area contributed by atoms with Gasteiger partial charge in [0.15, 0.2) is 0 Å². The Morgan fingerprint density at radius 1 is 1.08 bits per heavy atom. The molecule has 24 heavy (non-hydrogen) atoms. The van der Waals surface area contributed by atoms with Crippen molar-refractivity contribution in [2.75, 3.05) is 13.7 Å². The Balaban J connectivity index is 2.00. The van der Waals surface area contributed by atoms with Crippen LogP contribution in [-0.4, -0.2) is 23.2 Å². The van der Waals surface area contributed by atoms with Crippen LogP contribution in [0.5, 0.6) is 5.75 Å². The predicted octanol–water partition coefficient (Wildman–Crippen LogP) is 3.60. The second-order valence-electron chi connectivity index (χ2n) is 6.27. The summed E-state index contributed by atoms with van der Waals surface area (Å²) in [5.74, 6) is 1.97. The molecule has 2 aromatic carbocycles. The topological polar surface area (TPSA) is 53.1 Å². The molecule has 1 aromatic heterocycles. The first-order chi connectivity index (χ1) is 11.6. The highest BCUT2D eigenvalue weighted by molar-refractivity contribution is 5.78. The number of aryl methyl sites for hydroxylation is 3. The molecule has 0 aliphatic rings. The molecule has 0 atom stereocenters. The van der Waals surface area contributed by atoms with Gasteiger partial charge in [0.2, 0.25) is 0 Å².